The zero-order valence-corrected chi connectivity index (χ0v) is 11.8. The Labute approximate surface area is 111 Å². The number of nitrogens with one attached hydrogen (secondary N) is 2. The van der Waals surface area contributed by atoms with Crippen molar-refractivity contribution in [3.05, 3.63) is 24.0 Å². The molecule has 0 aliphatic rings. The minimum atomic E-state index is 0.0185. The molecule has 0 atom stereocenters. The summed E-state index contributed by atoms with van der Waals surface area (Å²) in [6, 6.07) is 0. The van der Waals surface area contributed by atoms with E-state index in [1.54, 1.807) is 6.20 Å². The van der Waals surface area contributed by atoms with Gasteiger partial charge in [-0.1, -0.05) is 20.8 Å². The van der Waals surface area contributed by atoms with E-state index < -0.39 is 0 Å². The van der Waals surface area contributed by atoms with Gasteiger partial charge in [0.1, 0.15) is 11.6 Å². The molecule has 2 aromatic heterocycles. The Kier molecular flexibility index (Phi) is 3.96. The zero-order chi connectivity index (χ0) is 13.0. The number of rotatable bonds is 5. The highest BCUT2D eigenvalue weighted by atomic mass is 32.1. The smallest absolute Gasteiger partial charge is 0.202 e. The number of aromatic nitrogens is 4. The molecular formula is C12H19N5S. The van der Waals surface area contributed by atoms with Gasteiger partial charge >= 0.3 is 0 Å². The molecule has 0 unspecified atom stereocenters. The SMILES string of the molecule is CC(C)(C)c1nsc(NCCCc2ncc[nH]2)n1. The summed E-state index contributed by atoms with van der Waals surface area (Å²) in [5.74, 6) is 1.94. The van der Waals surface area contributed by atoms with Gasteiger partial charge in [0.25, 0.3) is 0 Å². The van der Waals surface area contributed by atoms with E-state index in [0.717, 1.165) is 36.2 Å². The molecule has 2 heterocycles. The summed E-state index contributed by atoms with van der Waals surface area (Å²) in [7, 11) is 0. The van der Waals surface area contributed by atoms with Crippen molar-refractivity contribution in [3.63, 3.8) is 0 Å². The number of nitrogens with zero attached hydrogens (tertiary/aromatic N) is 3. The summed E-state index contributed by atoms with van der Waals surface area (Å²) in [6.45, 7) is 7.25. The first kappa shape index (κ1) is 13.0. The Morgan fingerprint density at radius 3 is 2.83 bits per heavy atom. The zero-order valence-electron chi connectivity index (χ0n) is 11.0. The number of aryl methyl sites for hydroxylation is 1. The van der Waals surface area contributed by atoms with Crippen molar-refractivity contribution >= 4 is 16.7 Å². The molecule has 0 radical (unpaired) electrons. The minimum Gasteiger partial charge on any atom is -0.360 e. The van der Waals surface area contributed by atoms with Crippen LogP contribution in [-0.4, -0.2) is 25.9 Å². The van der Waals surface area contributed by atoms with Gasteiger partial charge in [0.2, 0.25) is 5.13 Å². The van der Waals surface area contributed by atoms with Crippen LogP contribution in [0.25, 0.3) is 0 Å². The van der Waals surface area contributed by atoms with Gasteiger partial charge in [0.15, 0.2) is 0 Å². The quantitative estimate of drug-likeness (QED) is 0.816. The van der Waals surface area contributed by atoms with E-state index in [0.29, 0.717) is 0 Å². The van der Waals surface area contributed by atoms with Crippen LogP contribution in [0, 0.1) is 0 Å². The fourth-order valence-corrected chi connectivity index (χ4v) is 2.27. The Hall–Kier alpha value is -1.43. The Morgan fingerprint density at radius 2 is 2.22 bits per heavy atom. The van der Waals surface area contributed by atoms with E-state index >= 15 is 0 Å². The maximum absolute atomic E-state index is 4.49. The fraction of sp³-hybridized carbons (Fsp3) is 0.583. The predicted molar refractivity (Wildman–Crippen MR) is 74.0 cm³/mol. The molecule has 0 amide bonds. The number of anilines is 1. The summed E-state index contributed by atoms with van der Waals surface area (Å²) in [5, 5.41) is 4.21. The van der Waals surface area contributed by atoms with Crippen molar-refractivity contribution in [2.75, 3.05) is 11.9 Å². The van der Waals surface area contributed by atoms with Crippen LogP contribution < -0.4 is 5.32 Å². The lowest BCUT2D eigenvalue weighted by Gasteiger charge is -2.12. The van der Waals surface area contributed by atoms with Gasteiger partial charge in [-0.25, -0.2) is 9.97 Å². The van der Waals surface area contributed by atoms with Crippen molar-refractivity contribution in [2.45, 2.75) is 39.0 Å². The van der Waals surface area contributed by atoms with Crippen molar-refractivity contribution in [1.82, 2.24) is 19.3 Å². The molecule has 0 aromatic carbocycles. The molecule has 0 aliphatic heterocycles. The molecule has 2 aromatic rings. The lowest BCUT2D eigenvalue weighted by Crippen LogP contribution is -2.13. The van der Waals surface area contributed by atoms with E-state index in [2.05, 4.69) is 45.4 Å². The van der Waals surface area contributed by atoms with E-state index in [-0.39, 0.29) is 5.41 Å². The normalized spacial score (nSPS) is 11.7. The minimum absolute atomic E-state index is 0.0185. The average Bonchev–Trinajstić information content (AvgIpc) is 2.95. The summed E-state index contributed by atoms with van der Waals surface area (Å²) in [4.78, 5) is 11.8. The summed E-state index contributed by atoms with van der Waals surface area (Å²) >= 11 is 1.43. The molecule has 0 aliphatic carbocycles. The second kappa shape index (κ2) is 5.48. The predicted octanol–water partition coefficient (Wildman–Crippen LogP) is 2.60. The van der Waals surface area contributed by atoms with Gasteiger partial charge in [-0.3, -0.25) is 0 Å². The molecule has 2 N–H and O–H groups in total. The largest absolute Gasteiger partial charge is 0.360 e. The van der Waals surface area contributed by atoms with Crippen LogP contribution >= 0.6 is 11.5 Å². The van der Waals surface area contributed by atoms with Crippen LogP contribution in [0.2, 0.25) is 0 Å². The summed E-state index contributed by atoms with van der Waals surface area (Å²) < 4.78 is 4.37. The van der Waals surface area contributed by atoms with Gasteiger partial charge in [-0.05, 0) is 6.42 Å². The third kappa shape index (κ3) is 3.53. The molecule has 0 bridgehead atoms. The summed E-state index contributed by atoms with van der Waals surface area (Å²) in [5.41, 5.74) is 0.0185. The number of hydrogen-bond acceptors (Lipinski definition) is 5. The standard InChI is InChI=1S/C12H19N5S/c1-12(2,3)10-16-11(18-17-10)15-6-4-5-9-13-7-8-14-9/h7-8H,4-6H2,1-3H3,(H,13,14)(H,15,16,17). The molecule has 18 heavy (non-hydrogen) atoms. The van der Waals surface area contributed by atoms with Gasteiger partial charge < -0.3 is 10.3 Å². The maximum atomic E-state index is 4.49. The van der Waals surface area contributed by atoms with E-state index in [1.807, 2.05) is 6.20 Å². The molecule has 98 valence electrons. The lowest BCUT2D eigenvalue weighted by atomic mass is 9.96. The van der Waals surface area contributed by atoms with Crippen LogP contribution in [0.4, 0.5) is 5.13 Å². The first-order valence-corrected chi connectivity index (χ1v) is 6.89. The number of aromatic amines is 1. The van der Waals surface area contributed by atoms with Gasteiger partial charge in [-0.2, -0.15) is 4.37 Å². The number of hydrogen-bond donors (Lipinski definition) is 2. The fourth-order valence-electron chi connectivity index (χ4n) is 1.49. The van der Waals surface area contributed by atoms with Crippen LogP contribution in [0.1, 0.15) is 38.8 Å². The molecule has 6 heteroatoms. The van der Waals surface area contributed by atoms with E-state index in [9.17, 15) is 0 Å². The first-order valence-electron chi connectivity index (χ1n) is 6.12. The highest BCUT2D eigenvalue weighted by molar-refractivity contribution is 7.09. The highest BCUT2D eigenvalue weighted by Crippen LogP contribution is 2.22. The number of imidazole rings is 1. The van der Waals surface area contributed by atoms with Crippen molar-refractivity contribution in [2.24, 2.45) is 0 Å². The van der Waals surface area contributed by atoms with E-state index in [1.165, 1.54) is 11.5 Å². The topological polar surface area (TPSA) is 66.5 Å². The molecule has 0 fully saturated rings. The second-order valence-corrected chi connectivity index (χ2v) is 5.99. The Bertz CT molecular complexity index is 469. The lowest BCUT2D eigenvalue weighted by molar-refractivity contribution is 0.555. The molecule has 0 saturated carbocycles. The second-order valence-electron chi connectivity index (χ2n) is 5.24. The van der Waals surface area contributed by atoms with Crippen LogP contribution in [0.5, 0.6) is 0 Å². The third-order valence-electron chi connectivity index (χ3n) is 2.52. The van der Waals surface area contributed by atoms with Gasteiger partial charge in [0, 0.05) is 42.3 Å². The highest BCUT2D eigenvalue weighted by Gasteiger charge is 2.19. The maximum Gasteiger partial charge on any atom is 0.202 e. The van der Waals surface area contributed by atoms with Crippen LogP contribution in [-0.2, 0) is 11.8 Å². The van der Waals surface area contributed by atoms with E-state index in [4.69, 9.17) is 0 Å². The molecule has 2 rings (SSSR count). The molecule has 0 spiro atoms. The van der Waals surface area contributed by atoms with Crippen molar-refractivity contribution in [3.8, 4) is 0 Å². The van der Waals surface area contributed by atoms with Gasteiger partial charge in [0.05, 0.1) is 0 Å². The van der Waals surface area contributed by atoms with Gasteiger partial charge in [-0.15, -0.1) is 0 Å². The third-order valence-corrected chi connectivity index (χ3v) is 3.19. The Morgan fingerprint density at radius 1 is 1.39 bits per heavy atom. The van der Waals surface area contributed by atoms with Crippen molar-refractivity contribution in [1.29, 1.82) is 0 Å². The molecule has 0 saturated heterocycles. The average molecular weight is 265 g/mol. The molecule has 5 nitrogen and oxygen atoms in total. The molecular weight excluding hydrogens is 246 g/mol. The monoisotopic (exact) mass is 265 g/mol. The summed E-state index contributed by atoms with van der Waals surface area (Å²) in [6.07, 6.45) is 5.61. The Balaban J connectivity index is 1.75. The number of H-pyrrole nitrogens is 1. The van der Waals surface area contributed by atoms with Crippen molar-refractivity contribution < 1.29 is 0 Å². The first-order chi connectivity index (χ1) is 8.55. The van der Waals surface area contributed by atoms with Crippen LogP contribution in [0.15, 0.2) is 12.4 Å². The van der Waals surface area contributed by atoms with Crippen LogP contribution in [0.3, 0.4) is 0 Å².